The molecule has 0 N–H and O–H groups in total. The van der Waals surface area contributed by atoms with Gasteiger partial charge in [-0.3, -0.25) is 4.79 Å². The van der Waals surface area contributed by atoms with Crippen molar-refractivity contribution in [2.45, 2.75) is 52.5 Å². The highest BCUT2D eigenvalue weighted by atomic mass is 35.5. The highest BCUT2D eigenvalue weighted by Crippen LogP contribution is 2.40. The van der Waals surface area contributed by atoms with Gasteiger partial charge in [-0.05, 0) is 43.1 Å². The molecule has 1 heterocycles. The smallest absolute Gasteiger partial charge is 0.267 e. The molecular weight excluding hydrogens is 248 g/mol. The average Bonchev–Trinajstić information content (AvgIpc) is 2.31. The van der Waals surface area contributed by atoms with Crippen molar-refractivity contribution in [1.82, 2.24) is 9.78 Å². The van der Waals surface area contributed by atoms with Gasteiger partial charge in [-0.2, -0.15) is 5.10 Å². The van der Waals surface area contributed by atoms with Gasteiger partial charge in [0.2, 0.25) is 0 Å². The van der Waals surface area contributed by atoms with Crippen LogP contribution in [0, 0.1) is 11.3 Å². The first kappa shape index (κ1) is 13.6. The summed E-state index contributed by atoms with van der Waals surface area (Å²) in [5.41, 5.74) is 0.316. The molecule has 3 nitrogen and oxygen atoms in total. The maximum Gasteiger partial charge on any atom is 0.267 e. The van der Waals surface area contributed by atoms with Crippen LogP contribution in [0.25, 0.3) is 0 Å². The number of hydrogen-bond acceptors (Lipinski definition) is 2. The van der Waals surface area contributed by atoms with E-state index in [1.54, 1.807) is 10.7 Å². The molecule has 1 aliphatic rings. The van der Waals surface area contributed by atoms with Crippen LogP contribution in [0.2, 0.25) is 5.15 Å². The Hall–Kier alpha value is -0.830. The van der Waals surface area contributed by atoms with Crippen molar-refractivity contribution in [1.29, 1.82) is 0 Å². The third-order valence-electron chi connectivity index (χ3n) is 4.06. The Bertz CT molecular complexity index is 467. The highest BCUT2D eigenvalue weighted by Gasteiger charge is 2.30. The Kier molecular flexibility index (Phi) is 3.81. The summed E-state index contributed by atoms with van der Waals surface area (Å²) in [7, 11) is 0. The van der Waals surface area contributed by atoms with E-state index in [1.165, 1.54) is 6.07 Å². The second kappa shape index (κ2) is 5.04. The van der Waals surface area contributed by atoms with Gasteiger partial charge in [-0.15, -0.1) is 0 Å². The number of hydrogen-bond donors (Lipinski definition) is 0. The van der Waals surface area contributed by atoms with Gasteiger partial charge in [0.25, 0.3) is 5.56 Å². The average molecular weight is 269 g/mol. The zero-order valence-corrected chi connectivity index (χ0v) is 12.1. The molecule has 1 fully saturated rings. The second-order valence-electron chi connectivity index (χ2n) is 6.31. The molecule has 1 saturated carbocycles. The van der Waals surface area contributed by atoms with E-state index in [-0.39, 0.29) is 11.6 Å². The zero-order valence-electron chi connectivity index (χ0n) is 11.3. The van der Waals surface area contributed by atoms with E-state index in [0.717, 1.165) is 31.6 Å². The first-order valence-electron chi connectivity index (χ1n) is 6.63. The molecule has 0 radical (unpaired) electrons. The number of aromatic nitrogens is 2. The van der Waals surface area contributed by atoms with E-state index < -0.39 is 0 Å². The van der Waals surface area contributed by atoms with E-state index in [0.29, 0.717) is 10.6 Å². The maximum atomic E-state index is 11.8. The molecule has 1 aliphatic carbocycles. The van der Waals surface area contributed by atoms with Gasteiger partial charge < -0.3 is 0 Å². The molecule has 0 atom stereocenters. The largest absolute Gasteiger partial charge is 0.268 e. The minimum absolute atomic E-state index is 0.0430. The van der Waals surface area contributed by atoms with E-state index in [1.807, 2.05) is 0 Å². The fourth-order valence-corrected chi connectivity index (χ4v) is 2.99. The summed E-state index contributed by atoms with van der Waals surface area (Å²) in [4.78, 5) is 11.8. The van der Waals surface area contributed by atoms with Gasteiger partial charge in [0, 0.05) is 6.07 Å². The van der Waals surface area contributed by atoms with Crippen LogP contribution in [-0.4, -0.2) is 9.78 Å². The molecule has 0 spiro atoms. The van der Waals surface area contributed by atoms with Crippen molar-refractivity contribution in [2.24, 2.45) is 11.3 Å². The summed E-state index contributed by atoms with van der Waals surface area (Å²) in [6.07, 6.45) is 4.37. The SMILES string of the molecule is CC(C)(C)[C@H]1CC[C@H](n2nc(Cl)ccc2=O)CC1. The lowest BCUT2D eigenvalue weighted by Gasteiger charge is -2.37. The summed E-state index contributed by atoms with van der Waals surface area (Å²) in [5, 5.41) is 4.55. The summed E-state index contributed by atoms with van der Waals surface area (Å²) in [6, 6.07) is 3.28. The van der Waals surface area contributed by atoms with Crippen molar-refractivity contribution in [3.63, 3.8) is 0 Å². The second-order valence-corrected chi connectivity index (χ2v) is 6.70. The highest BCUT2D eigenvalue weighted by molar-refractivity contribution is 6.29. The molecule has 0 unspecified atom stereocenters. The van der Waals surface area contributed by atoms with Gasteiger partial charge in [0.15, 0.2) is 0 Å². The Labute approximate surface area is 113 Å². The topological polar surface area (TPSA) is 34.9 Å². The number of rotatable bonds is 1. The molecule has 4 heteroatoms. The van der Waals surface area contributed by atoms with Crippen molar-refractivity contribution < 1.29 is 0 Å². The molecule has 1 aromatic heterocycles. The molecule has 0 aliphatic heterocycles. The molecule has 0 amide bonds. The lowest BCUT2D eigenvalue weighted by Crippen LogP contribution is -2.32. The molecule has 0 saturated heterocycles. The van der Waals surface area contributed by atoms with Crippen LogP contribution in [0.3, 0.4) is 0 Å². The minimum atomic E-state index is -0.0430. The molecule has 18 heavy (non-hydrogen) atoms. The quantitative estimate of drug-likeness (QED) is 0.779. The summed E-state index contributed by atoms with van der Waals surface area (Å²) < 4.78 is 1.57. The molecule has 1 aromatic rings. The van der Waals surface area contributed by atoms with E-state index in [2.05, 4.69) is 25.9 Å². The monoisotopic (exact) mass is 268 g/mol. The summed E-state index contributed by atoms with van der Waals surface area (Å²) in [6.45, 7) is 6.88. The van der Waals surface area contributed by atoms with E-state index >= 15 is 0 Å². The Balaban J connectivity index is 2.10. The van der Waals surface area contributed by atoms with Crippen molar-refractivity contribution in [3.05, 3.63) is 27.6 Å². The van der Waals surface area contributed by atoms with Gasteiger partial charge in [-0.1, -0.05) is 32.4 Å². The van der Waals surface area contributed by atoms with Crippen molar-refractivity contribution >= 4 is 11.6 Å². The van der Waals surface area contributed by atoms with Gasteiger partial charge >= 0.3 is 0 Å². The summed E-state index contributed by atoms with van der Waals surface area (Å²) >= 11 is 5.87. The predicted molar refractivity (Wildman–Crippen MR) is 74.0 cm³/mol. The van der Waals surface area contributed by atoms with Crippen LogP contribution in [0.15, 0.2) is 16.9 Å². The van der Waals surface area contributed by atoms with Crippen LogP contribution in [0.1, 0.15) is 52.5 Å². The zero-order chi connectivity index (χ0) is 13.3. The lowest BCUT2D eigenvalue weighted by molar-refractivity contribution is 0.146. The first-order chi connectivity index (χ1) is 8.38. The fourth-order valence-electron chi connectivity index (χ4n) is 2.85. The van der Waals surface area contributed by atoms with Gasteiger partial charge in [0.05, 0.1) is 6.04 Å². The molecule has 0 aromatic carbocycles. The van der Waals surface area contributed by atoms with Gasteiger partial charge in [0.1, 0.15) is 5.15 Å². The first-order valence-corrected chi connectivity index (χ1v) is 7.01. The van der Waals surface area contributed by atoms with Crippen LogP contribution < -0.4 is 5.56 Å². The third kappa shape index (κ3) is 2.94. The standard InChI is InChI=1S/C14H21ClN2O/c1-14(2,3)10-4-6-11(7-5-10)17-13(18)9-8-12(15)16-17/h8-11H,4-7H2,1-3H3/t10-,11-. The predicted octanol–water partition coefficient (Wildman–Crippen LogP) is 3.67. The molecule has 100 valence electrons. The number of halogens is 1. The molecule has 0 bridgehead atoms. The van der Waals surface area contributed by atoms with Crippen LogP contribution >= 0.6 is 11.6 Å². The van der Waals surface area contributed by atoms with E-state index in [9.17, 15) is 4.79 Å². The maximum absolute atomic E-state index is 11.8. The third-order valence-corrected chi connectivity index (χ3v) is 4.26. The molecule has 2 rings (SSSR count). The van der Waals surface area contributed by atoms with Crippen LogP contribution in [0.4, 0.5) is 0 Å². The lowest BCUT2D eigenvalue weighted by atomic mass is 9.71. The fraction of sp³-hybridized carbons (Fsp3) is 0.714. The van der Waals surface area contributed by atoms with Crippen LogP contribution in [0.5, 0.6) is 0 Å². The Morgan fingerprint density at radius 1 is 1.22 bits per heavy atom. The normalized spacial score (nSPS) is 25.1. The van der Waals surface area contributed by atoms with Gasteiger partial charge in [-0.25, -0.2) is 4.68 Å². The van der Waals surface area contributed by atoms with E-state index in [4.69, 9.17) is 11.6 Å². The van der Waals surface area contributed by atoms with Crippen LogP contribution in [-0.2, 0) is 0 Å². The molecular formula is C14H21ClN2O. The Morgan fingerprint density at radius 3 is 2.39 bits per heavy atom. The Morgan fingerprint density at radius 2 is 1.83 bits per heavy atom. The minimum Gasteiger partial charge on any atom is -0.268 e. The number of nitrogens with zero attached hydrogens (tertiary/aromatic N) is 2. The van der Waals surface area contributed by atoms with Crippen molar-refractivity contribution in [3.8, 4) is 0 Å². The summed E-state index contributed by atoms with van der Waals surface area (Å²) in [5.74, 6) is 0.739. The van der Waals surface area contributed by atoms with Crippen molar-refractivity contribution in [2.75, 3.05) is 0 Å².